The number of likely N-dealkylation sites (tertiary alicyclic amines) is 2. The number of hydrogen-bond acceptors (Lipinski definition) is 3. The van der Waals surface area contributed by atoms with E-state index in [0.29, 0.717) is 6.04 Å². The third-order valence-corrected chi connectivity index (χ3v) is 7.83. The highest BCUT2D eigenvalue weighted by molar-refractivity contribution is 5.20. The van der Waals surface area contributed by atoms with Crippen LogP contribution in [-0.4, -0.2) is 58.6 Å². The van der Waals surface area contributed by atoms with Crippen molar-refractivity contribution in [3.63, 3.8) is 0 Å². The lowest BCUT2D eigenvalue weighted by Crippen LogP contribution is -2.38. The summed E-state index contributed by atoms with van der Waals surface area (Å²) in [6.45, 7) is 7.85. The third kappa shape index (κ3) is 5.15. The molecule has 0 bridgehead atoms. The first kappa shape index (κ1) is 20.3. The highest BCUT2D eigenvalue weighted by Crippen LogP contribution is 2.30. The Hall–Kier alpha value is -1.65. The predicted molar refractivity (Wildman–Crippen MR) is 123 cm³/mol. The Bertz CT molecular complexity index is 773. The molecule has 2 saturated heterocycles. The second kappa shape index (κ2) is 9.65. The van der Waals surface area contributed by atoms with Crippen molar-refractivity contribution in [2.24, 2.45) is 11.8 Å². The summed E-state index contributed by atoms with van der Waals surface area (Å²) in [6, 6.07) is 11.3. The van der Waals surface area contributed by atoms with E-state index in [0.717, 1.165) is 18.3 Å². The predicted octanol–water partition coefficient (Wildman–Crippen LogP) is 4.62. The summed E-state index contributed by atoms with van der Waals surface area (Å²) in [7, 11) is 0. The van der Waals surface area contributed by atoms with Gasteiger partial charge in [-0.05, 0) is 56.2 Å². The first-order valence-corrected chi connectivity index (χ1v) is 12.3. The molecule has 4 heteroatoms. The van der Waals surface area contributed by atoms with Crippen LogP contribution in [0.15, 0.2) is 42.9 Å². The summed E-state index contributed by atoms with van der Waals surface area (Å²) >= 11 is 0. The smallest absolute Gasteiger partial charge is 0.0952 e. The highest BCUT2D eigenvalue weighted by atomic mass is 15.2. The maximum Gasteiger partial charge on any atom is 0.0952 e. The average molecular weight is 407 g/mol. The third-order valence-electron chi connectivity index (χ3n) is 7.83. The standard InChI is InChI=1S/C26H38N4/c1-2-5-23(6-3-1)17-25-20-30(21-27-25)26-11-15-29(16-12-26)19-24-10-14-28(18-24)13-9-22-7-4-8-22/h1-3,5-6,20-22,24,26H,4,7-19H2/t24-/m1/s1. The summed E-state index contributed by atoms with van der Waals surface area (Å²) < 4.78 is 2.38. The maximum atomic E-state index is 4.68. The molecule has 4 nitrogen and oxygen atoms in total. The minimum absolute atomic E-state index is 0.626. The van der Waals surface area contributed by atoms with Gasteiger partial charge in [-0.25, -0.2) is 4.98 Å². The fourth-order valence-corrected chi connectivity index (χ4v) is 5.65. The molecule has 1 atom stereocenters. The molecule has 2 aliphatic heterocycles. The van der Waals surface area contributed by atoms with Crippen molar-refractivity contribution in [3.8, 4) is 0 Å². The van der Waals surface area contributed by atoms with Gasteiger partial charge in [0.15, 0.2) is 0 Å². The number of rotatable bonds is 8. The van der Waals surface area contributed by atoms with E-state index >= 15 is 0 Å². The van der Waals surface area contributed by atoms with Gasteiger partial charge in [0.05, 0.1) is 12.0 Å². The molecule has 0 N–H and O–H groups in total. The molecule has 1 aromatic heterocycles. The fourth-order valence-electron chi connectivity index (χ4n) is 5.65. The lowest BCUT2D eigenvalue weighted by molar-refractivity contribution is 0.160. The van der Waals surface area contributed by atoms with Gasteiger partial charge in [-0.15, -0.1) is 0 Å². The Morgan fingerprint density at radius 2 is 1.67 bits per heavy atom. The van der Waals surface area contributed by atoms with Gasteiger partial charge in [0.1, 0.15) is 0 Å². The lowest BCUT2D eigenvalue weighted by Gasteiger charge is -2.34. The molecule has 3 aliphatic rings. The summed E-state index contributed by atoms with van der Waals surface area (Å²) in [5.41, 5.74) is 2.53. The van der Waals surface area contributed by atoms with Crippen molar-refractivity contribution >= 4 is 0 Å². The molecule has 0 radical (unpaired) electrons. The Morgan fingerprint density at radius 3 is 2.43 bits per heavy atom. The molecular weight excluding hydrogens is 368 g/mol. The van der Waals surface area contributed by atoms with Crippen LogP contribution in [0.4, 0.5) is 0 Å². The van der Waals surface area contributed by atoms with Crippen LogP contribution in [0.5, 0.6) is 0 Å². The molecule has 1 saturated carbocycles. The first-order chi connectivity index (χ1) is 14.8. The van der Waals surface area contributed by atoms with E-state index in [2.05, 4.69) is 62.2 Å². The molecular formula is C26H38N4. The van der Waals surface area contributed by atoms with E-state index in [1.807, 2.05) is 0 Å². The molecule has 2 aromatic rings. The van der Waals surface area contributed by atoms with Gasteiger partial charge >= 0.3 is 0 Å². The number of benzene rings is 1. The summed E-state index contributed by atoms with van der Waals surface area (Å²) in [4.78, 5) is 10.2. The zero-order valence-corrected chi connectivity index (χ0v) is 18.5. The zero-order valence-electron chi connectivity index (χ0n) is 18.5. The van der Waals surface area contributed by atoms with Crippen molar-refractivity contribution in [1.82, 2.24) is 19.4 Å². The summed E-state index contributed by atoms with van der Waals surface area (Å²) in [6.07, 6.45) is 15.2. The maximum absolute atomic E-state index is 4.68. The van der Waals surface area contributed by atoms with Crippen molar-refractivity contribution in [2.75, 3.05) is 39.3 Å². The minimum Gasteiger partial charge on any atom is -0.334 e. The SMILES string of the molecule is c1ccc(Cc2cn(C3CCN(C[C@@H]4CCN(CCC5CCC5)C4)CC3)cn2)cc1. The van der Waals surface area contributed by atoms with Gasteiger partial charge in [0, 0.05) is 44.8 Å². The summed E-state index contributed by atoms with van der Waals surface area (Å²) in [5.74, 6) is 1.95. The Morgan fingerprint density at radius 1 is 0.867 bits per heavy atom. The van der Waals surface area contributed by atoms with Gasteiger partial charge < -0.3 is 14.4 Å². The van der Waals surface area contributed by atoms with E-state index in [-0.39, 0.29) is 0 Å². The molecule has 1 aromatic carbocycles. The number of aromatic nitrogens is 2. The Kier molecular flexibility index (Phi) is 6.52. The van der Waals surface area contributed by atoms with E-state index in [9.17, 15) is 0 Å². The first-order valence-electron chi connectivity index (χ1n) is 12.3. The monoisotopic (exact) mass is 406 g/mol. The second-order valence-corrected chi connectivity index (χ2v) is 10.0. The minimum atomic E-state index is 0.626. The molecule has 5 rings (SSSR count). The van der Waals surface area contributed by atoms with Crippen LogP contribution in [-0.2, 0) is 6.42 Å². The van der Waals surface area contributed by atoms with E-state index in [1.165, 1.54) is 95.5 Å². The second-order valence-electron chi connectivity index (χ2n) is 10.0. The van der Waals surface area contributed by atoms with Crippen molar-refractivity contribution in [3.05, 3.63) is 54.1 Å². The lowest BCUT2D eigenvalue weighted by atomic mass is 9.83. The number of hydrogen-bond donors (Lipinski definition) is 0. The van der Waals surface area contributed by atoms with Gasteiger partial charge in [-0.3, -0.25) is 0 Å². The fraction of sp³-hybridized carbons (Fsp3) is 0.654. The van der Waals surface area contributed by atoms with Crippen LogP contribution >= 0.6 is 0 Å². The van der Waals surface area contributed by atoms with Crippen LogP contribution in [0, 0.1) is 11.8 Å². The molecule has 1 aliphatic carbocycles. The molecule has 0 spiro atoms. The van der Waals surface area contributed by atoms with Crippen molar-refractivity contribution in [1.29, 1.82) is 0 Å². The normalized spacial score (nSPS) is 24.3. The van der Waals surface area contributed by atoms with E-state index in [1.54, 1.807) is 0 Å². The summed E-state index contributed by atoms with van der Waals surface area (Å²) in [5, 5.41) is 0. The topological polar surface area (TPSA) is 24.3 Å². The Labute approximate surface area is 182 Å². The molecule has 3 heterocycles. The van der Waals surface area contributed by atoms with Gasteiger partial charge in [0.25, 0.3) is 0 Å². The molecule has 0 unspecified atom stereocenters. The van der Waals surface area contributed by atoms with Crippen LogP contribution in [0.3, 0.4) is 0 Å². The largest absolute Gasteiger partial charge is 0.334 e. The van der Waals surface area contributed by atoms with E-state index in [4.69, 9.17) is 0 Å². The van der Waals surface area contributed by atoms with Crippen molar-refractivity contribution in [2.45, 2.75) is 57.4 Å². The van der Waals surface area contributed by atoms with Crippen LogP contribution in [0.2, 0.25) is 0 Å². The van der Waals surface area contributed by atoms with Gasteiger partial charge in [-0.2, -0.15) is 0 Å². The molecule has 3 fully saturated rings. The van der Waals surface area contributed by atoms with Gasteiger partial charge in [0.2, 0.25) is 0 Å². The number of piperidine rings is 1. The zero-order chi connectivity index (χ0) is 20.2. The van der Waals surface area contributed by atoms with Crippen LogP contribution < -0.4 is 0 Å². The Balaban J connectivity index is 1.04. The molecule has 30 heavy (non-hydrogen) atoms. The van der Waals surface area contributed by atoms with Crippen molar-refractivity contribution < 1.29 is 0 Å². The number of imidazole rings is 1. The number of nitrogens with zero attached hydrogens (tertiary/aromatic N) is 4. The highest BCUT2D eigenvalue weighted by Gasteiger charge is 2.28. The van der Waals surface area contributed by atoms with Crippen LogP contribution in [0.1, 0.15) is 62.2 Å². The molecule has 162 valence electrons. The van der Waals surface area contributed by atoms with E-state index < -0.39 is 0 Å². The quantitative estimate of drug-likeness (QED) is 0.639. The van der Waals surface area contributed by atoms with Crippen LogP contribution in [0.25, 0.3) is 0 Å². The molecule has 0 amide bonds. The van der Waals surface area contributed by atoms with Gasteiger partial charge in [-0.1, -0.05) is 49.6 Å². The average Bonchev–Trinajstić information content (AvgIpc) is 3.38.